The van der Waals surface area contributed by atoms with E-state index in [1.54, 1.807) is 24.3 Å². The fourth-order valence-electron chi connectivity index (χ4n) is 3.53. The molecule has 0 saturated carbocycles. The van der Waals surface area contributed by atoms with Crippen molar-refractivity contribution in [2.24, 2.45) is 0 Å². The molecule has 0 bridgehead atoms. The molecule has 0 N–H and O–H groups in total. The molecule has 6 nitrogen and oxygen atoms in total. The van der Waals surface area contributed by atoms with Gasteiger partial charge in [0.15, 0.2) is 0 Å². The van der Waals surface area contributed by atoms with Gasteiger partial charge in [-0.15, -0.1) is 0 Å². The SMILES string of the molecule is CCN(CC)CCN(CC)C(=O)c1ccc(C(=O)N(CC)CCN(CC)CC)cc1. The summed E-state index contributed by atoms with van der Waals surface area (Å²) >= 11 is 0. The highest BCUT2D eigenvalue weighted by molar-refractivity contribution is 5.97. The third-order valence-corrected chi connectivity index (χ3v) is 5.88. The third-order valence-electron chi connectivity index (χ3n) is 5.88. The van der Waals surface area contributed by atoms with Crippen LogP contribution in [0.1, 0.15) is 62.3 Å². The van der Waals surface area contributed by atoms with Gasteiger partial charge in [-0.05, 0) is 64.3 Å². The Morgan fingerprint density at radius 3 is 1.07 bits per heavy atom. The summed E-state index contributed by atoms with van der Waals surface area (Å²) in [6.07, 6.45) is 0. The zero-order chi connectivity index (χ0) is 22.5. The monoisotopic (exact) mass is 418 g/mol. The number of amides is 2. The lowest BCUT2D eigenvalue weighted by atomic mass is 10.1. The van der Waals surface area contributed by atoms with Gasteiger partial charge in [-0.2, -0.15) is 0 Å². The lowest BCUT2D eigenvalue weighted by molar-refractivity contribution is 0.0735. The molecule has 0 radical (unpaired) electrons. The molecular formula is C24H42N4O2. The highest BCUT2D eigenvalue weighted by atomic mass is 16.2. The van der Waals surface area contributed by atoms with Crippen LogP contribution in [0, 0.1) is 0 Å². The van der Waals surface area contributed by atoms with E-state index in [2.05, 4.69) is 37.5 Å². The number of rotatable bonds is 14. The number of hydrogen-bond donors (Lipinski definition) is 0. The van der Waals surface area contributed by atoms with Crippen LogP contribution >= 0.6 is 0 Å². The van der Waals surface area contributed by atoms with Gasteiger partial charge in [0.1, 0.15) is 0 Å². The smallest absolute Gasteiger partial charge is 0.253 e. The first-order valence-corrected chi connectivity index (χ1v) is 11.6. The highest BCUT2D eigenvalue weighted by Gasteiger charge is 2.18. The summed E-state index contributed by atoms with van der Waals surface area (Å²) in [6, 6.07) is 7.14. The van der Waals surface area contributed by atoms with Crippen molar-refractivity contribution in [3.63, 3.8) is 0 Å². The Morgan fingerprint density at radius 1 is 0.533 bits per heavy atom. The largest absolute Gasteiger partial charge is 0.338 e. The molecule has 0 aliphatic carbocycles. The van der Waals surface area contributed by atoms with E-state index in [4.69, 9.17) is 0 Å². The summed E-state index contributed by atoms with van der Waals surface area (Å²) in [5.74, 6) is 0.0510. The quantitative estimate of drug-likeness (QED) is 0.465. The molecule has 170 valence electrons. The molecule has 1 aromatic carbocycles. The second-order valence-electron chi connectivity index (χ2n) is 7.40. The summed E-state index contributed by atoms with van der Waals surface area (Å²) in [4.78, 5) is 34.1. The molecule has 30 heavy (non-hydrogen) atoms. The van der Waals surface area contributed by atoms with Gasteiger partial charge < -0.3 is 19.6 Å². The van der Waals surface area contributed by atoms with Gasteiger partial charge in [-0.25, -0.2) is 0 Å². The van der Waals surface area contributed by atoms with Crippen molar-refractivity contribution in [2.45, 2.75) is 41.5 Å². The Balaban J connectivity index is 2.77. The van der Waals surface area contributed by atoms with Gasteiger partial charge in [-0.1, -0.05) is 27.7 Å². The lowest BCUT2D eigenvalue weighted by Gasteiger charge is -2.26. The molecule has 0 atom stereocenters. The van der Waals surface area contributed by atoms with Crippen molar-refractivity contribution in [2.75, 3.05) is 65.4 Å². The van der Waals surface area contributed by atoms with Crippen LogP contribution in [0.5, 0.6) is 0 Å². The van der Waals surface area contributed by atoms with Crippen LogP contribution in [0.15, 0.2) is 24.3 Å². The molecule has 0 spiro atoms. The number of benzene rings is 1. The molecule has 2 amide bonds. The van der Waals surface area contributed by atoms with Gasteiger partial charge in [-0.3, -0.25) is 9.59 Å². The topological polar surface area (TPSA) is 47.1 Å². The van der Waals surface area contributed by atoms with Crippen LogP contribution < -0.4 is 0 Å². The zero-order valence-electron chi connectivity index (χ0n) is 20.0. The van der Waals surface area contributed by atoms with Crippen molar-refractivity contribution in [3.8, 4) is 0 Å². The standard InChI is InChI=1S/C24H42N4O2/c1-7-25(8-2)17-19-27(11-5)23(29)21-13-15-22(16-14-21)24(30)28(12-6)20-18-26(9-3)10-4/h13-16H,7-12,17-20H2,1-6H3. The number of carbonyl (C=O) groups is 2. The Kier molecular flexibility index (Phi) is 12.3. The number of likely N-dealkylation sites (N-methyl/N-ethyl adjacent to an activating group) is 4. The summed E-state index contributed by atoms with van der Waals surface area (Å²) in [7, 11) is 0. The second kappa shape index (κ2) is 14.1. The normalized spacial score (nSPS) is 11.2. The van der Waals surface area contributed by atoms with E-state index in [9.17, 15) is 9.59 Å². The Bertz CT molecular complexity index is 570. The highest BCUT2D eigenvalue weighted by Crippen LogP contribution is 2.11. The van der Waals surface area contributed by atoms with Crippen LogP contribution in [0.25, 0.3) is 0 Å². The zero-order valence-corrected chi connectivity index (χ0v) is 20.0. The molecule has 1 rings (SSSR count). The number of nitrogens with zero attached hydrogens (tertiary/aromatic N) is 4. The maximum absolute atomic E-state index is 12.9. The fourth-order valence-corrected chi connectivity index (χ4v) is 3.53. The maximum atomic E-state index is 12.9. The summed E-state index contributed by atoms with van der Waals surface area (Å²) in [5, 5.41) is 0. The van der Waals surface area contributed by atoms with Crippen LogP contribution in [-0.4, -0.2) is 96.9 Å². The fraction of sp³-hybridized carbons (Fsp3) is 0.667. The summed E-state index contributed by atoms with van der Waals surface area (Å²) < 4.78 is 0. The maximum Gasteiger partial charge on any atom is 0.253 e. The summed E-state index contributed by atoms with van der Waals surface area (Å²) in [5.41, 5.74) is 1.28. The molecular weight excluding hydrogens is 376 g/mol. The van der Waals surface area contributed by atoms with Gasteiger partial charge >= 0.3 is 0 Å². The van der Waals surface area contributed by atoms with E-state index in [0.29, 0.717) is 37.3 Å². The van der Waals surface area contributed by atoms with Crippen LogP contribution in [0.2, 0.25) is 0 Å². The van der Waals surface area contributed by atoms with E-state index in [1.807, 2.05) is 23.6 Å². The average molecular weight is 419 g/mol. The van der Waals surface area contributed by atoms with E-state index >= 15 is 0 Å². The number of carbonyl (C=O) groups excluding carboxylic acids is 2. The Morgan fingerprint density at radius 2 is 0.833 bits per heavy atom. The molecule has 1 aromatic rings. The first-order valence-electron chi connectivity index (χ1n) is 11.6. The minimum atomic E-state index is 0.0255. The predicted molar refractivity (Wildman–Crippen MR) is 125 cm³/mol. The van der Waals surface area contributed by atoms with Gasteiger partial charge in [0.25, 0.3) is 11.8 Å². The minimum Gasteiger partial charge on any atom is -0.338 e. The molecule has 0 heterocycles. The van der Waals surface area contributed by atoms with Crippen molar-refractivity contribution >= 4 is 11.8 Å². The van der Waals surface area contributed by atoms with Gasteiger partial charge in [0.05, 0.1) is 0 Å². The molecule has 0 saturated heterocycles. The lowest BCUT2D eigenvalue weighted by Crippen LogP contribution is -2.39. The summed E-state index contributed by atoms with van der Waals surface area (Å²) in [6.45, 7) is 21.0. The van der Waals surface area contributed by atoms with Crippen LogP contribution in [0.3, 0.4) is 0 Å². The average Bonchev–Trinajstić information content (AvgIpc) is 2.79. The third kappa shape index (κ3) is 7.73. The van der Waals surface area contributed by atoms with Crippen LogP contribution in [-0.2, 0) is 0 Å². The Hall–Kier alpha value is -1.92. The molecule has 0 unspecified atom stereocenters. The van der Waals surface area contributed by atoms with E-state index < -0.39 is 0 Å². The molecule has 0 aliphatic heterocycles. The van der Waals surface area contributed by atoms with Crippen molar-refractivity contribution in [3.05, 3.63) is 35.4 Å². The van der Waals surface area contributed by atoms with Gasteiger partial charge in [0.2, 0.25) is 0 Å². The van der Waals surface area contributed by atoms with E-state index in [-0.39, 0.29) is 11.8 Å². The first-order chi connectivity index (χ1) is 14.4. The minimum absolute atomic E-state index is 0.0255. The Labute approximate surface area is 183 Å². The van der Waals surface area contributed by atoms with E-state index in [0.717, 1.165) is 39.3 Å². The van der Waals surface area contributed by atoms with Crippen LogP contribution in [0.4, 0.5) is 0 Å². The molecule has 0 fully saturated rings. The van der Waals surface area contributed by atoms with Crippen molar-refractivity contribution in [1.29, 1.82) is 0 Å². The van der Waals surface area contributed by atoms with Gasteiger partial charge in [0, 0.05) is 50.4 Å². The first kappa shape index (κ1) is 26.1. The predicted octanol–water partition coefficient (Wildman–Crippen LogP) is 3.29. The number of hydrogen-bond acceptors (Lipinski definition) is 4. The molecule has 0 aliphatic rings. The second-order valence-corrected chi connectivity index (χ2v) is 7.40. The van der Waals surface area contributed by atoms with Crippen molar-refractivity contribution < 1.29 is 9.59 Å². The van der Waals surface area contributed by atoms with Crippen molar-refractivity contribution in [1.82, 2.24) is 19.6 Å². The van der Waals surface area contributed by atoms with E-state index in [1.165, 1.54) is 0 Å². The molecule has 6 heteroatoms. The molecule has 0 aromatic heterocycles.